The molecule has 3 rings (SSSR count). The van der Waals surface area contributed by atoms with E-state index in [0.717, 1.165) is 18.0 Å². The van der Waals surface area contributed by atoms with E-state index in [1.54, 1.807) is 6.20 Å². The lowest BCUT2D eigenvalue weighted by atomic mass is 10.2. The van der Waals surface area contributed by atoms with Gasteiger partial charge in [0.15, 0.2) is 17.3 Å². The summed E-state index contributed by atoms with van der Waals surface area (Å²) in [5.74, 6) is 6.86. The van der Waals surface area contributed by atoms with Crippen LogP contribution in [0.15, 0.2) is 48.9 Å². The van der Waals surface area contributed by atoms with Crippen molar-refractivity contribution in [3.8, 4) is 0 Å². The van der Waals surface area contributed by atoms with E-state index in [4.69, 9.17) is 5.84 Å². The Morgan fingerprint density at radius 1 is 1.30 bits per heavy atom. The van der Waals surface area contributed by atoms with Crippen LogP contribution in [0.25, 0.3) is 5.65 Å². The molecule has 0 radical (unpaired) electrons. The highest BCUT2D eigenvalue weighted by molar-refractivity contribution is 5.66. The van der Waals surface area contributed by atoms with Crippen molar-refractivity contribution in [1.82, 2.24) is 14.4 Å². The van der Waals surface area contributed by atoms with Crippen LogP contribution in [0.2, 0.25) is 0 Å². The average molecular weight is 268 g/mol. The number of hydrazine groups is 1. The molecule has 2 heterocycles. The predicted octanol–water partition coefficient (Wildman–Crippen LogP) is 1.65. The first-order valence-electron chi connectivity index (χ1n) is 6.33. The summed E-state index contributed by atoms with van der Waals surface area (Å²) in [6.45, 7) is 0.754. The molecule has 0 aliphatic rings. The number of hydrogen-bond acceptors (Lipinski definition) is 5. The van der Waals surface area contributed by atoms with Crippen LogP contribution >= 0.6 is 0 Å². The van der Waals surface area contributed by atoms with E-state index < -0.39 is 0 Å². The lowest BCUT2D eigenvalue weighted by Gasteiger charge is -2.19. The summed E-state index contributed by atoms with van der Waals surface area (Å²) >= 11 is 0. The Hall–Kier alpha value is -2.60. The van der Waals surface area contributed by atoms with Gasteiger partial charge in [-0.3, -0.25) is 0 Å². The van der Waals surface area contributed by atoms with Crippen LogP contribution in [0.5, 0.6) is 0 Å². The molecule has 2 aromatic heterocycles. The number of anilines is 2. The van der Waals surface area contributed by atoms with Crippen molar-refractivity contribution < 1.29 is 0 Å². The third-order valence-electron chi connectivity index (χ3n) is 3.13. The second kappa shape index (κ2) is 5.18. The van der Waals surface area contributed by atoms with E-state index in [-0.39, 0.29) is 0 Å². The maximum absolute atomic E-state index is 5.47. The Balaban J connectivity index is 1.98. The second-order valence-electron chi connectivity index (χ2n) is 4.59. The van der Waals surface area contributed by atoms with Gasteiger partial charge in [-0.15, -0.1) is 0 Å². The molecule has 3 aromatic rings. The van der Waals surface area contributed by atoms with Crippen LogP contribution in [0.1, 0.15) is 5.56 Å². The van der Waals surface area contributed by atoms with Gasteiger partial charge in [0.05, 0.1) is 6.20 Å². The number of fused-ring (bicyclic) bond motifs is 1. The minimum atomic E-state index is 0.602. The van der Waals surface area contributed by atoms with Gasteiger partial charge in [-0.2, -0.15) is 0 Å². The smallest absolute Gasteiger partial charge is 0.180 e. The molecule has 0 amide bonds. The Labute approximate surface area is 116 Å². The molecule has 3 N–H and O–H groups in total. The highest BCUT2D eigenvalue weighted by atomic mass is 15.3. The first kappa shape index (κ1) is 12.4. The van der Waals surface area contributed by atoms with Gasteiger partial charge in [0, 0.05) is 26.0 Å². The minimum absolute atomic E-state index is 0.602. The topological polar surface area (TPSA) is 71.5 Å². The molecule has 1 aromatic carbocycles. The largest absolute Gasteiger partial charge is 0.352 e. The number of aromatic nitrogens is 3. The van der Waals surface area contributed by atoms with Crippen LogP contribution < -0.4 is 16.2 Å². The lowest BCUT2D eigenvalue weighted by molar-refractivity contribution is 0.892. The van der Waals surface area contributed by atoms with Gasteiger partial charge in [0.2, 0.25) is 0 Å². The summed E-state index contributed by atoms with van der Waals surface area (Å²) in [5, 5.41) is 0. The predicted molar refractivity (Wildman–Crippen MR) is 79.3 cm³/mol. The van der Waals surface area contributed by atoms with Gasteiger partial charge >= 0.3 is 0 Å². The monoisotopic (exact) mass is 268 g/mol. The quantitative estimate of drug-likeness (QED) is 0.556. The van der Waals surface area contributed by atoms with Crippen LogP contribution in [-0.4, -0.2) is 21.4 Å². The zero-order valence-corrected chi connectivity index (χ0v) is 11.2. The van der Waals surface area contributed by atoms with Gasteiger partial charge < -0.3 is 14.7 Å². The minimum Gasteiger partial charge on any atom is -0.352 e. The molecule has 0 fully saturated rings. The summed E-state index contributed by atoms with van der Waals surface area (Å²) in [4.78, 5) is 10.9. The lowest BCUT2D eigenvalue weighted by Crippen LogP contribution is -2.20. The van der Waals surface area contributed by atoms with Gasteiger partial charge in [-0.1, -0.05) is 30.3 Å². The molecule has 0 aliphatic heterocycles. The third kappa shape index (κ3) is 2.28. The van der Waals surface area contributed by atoms with Gasteiger partial charge in [-0.05, 0) is 5.56 Å². The fourth-order valence-electron chi connectivity index (χ4n) is 2.17. The Morgan fingerprint density at radius 3 is 2.85 bits per heavy atom. The highest BCUT2D eigenvalue weighted by Gasteiger charge is 2.11. The van der Waals surface area contributed by atoms with Gasteiger partial charge in [-0.25, -0.2) is 15.8 Å². The zero-order chi connectivity index (χ0) is 13.9. The number of nitrogens with zero attached hydrogens (tertiary/aromatic N) is 4. The molecule has 0 saturated heterocycles. The van der Waals surface area contributed by atoms with Crippen molar-refractivity contribution in [2.75, 3.05) is 17.4 Å². The number of hydrogen-bond donors (Lipinski definition) is 2. The van der Waals surface area contributed by atoms with E-state index in [1.807, 2.05) is 42.0 Å². The molecule has 6 heteroatoms. The second-order valence-corrected chi connectivity index (χ2v) is 4.59. The molecule has 0 saturated carbocycles. The van der Waals surface area contributed by atoms with Crippen molar-refractivity contribution in [2.45, 2.75) is 6.54 Å². The molecule has 0 atom stereocenters. The molecule has 0 spiro atoms. The van der Waals surface area contributed by atoms with E-state index in [0.29, 0.717) is 5.82 Å². The number of imidazole rings is 1. The number of benzene rings is 1. The molecular formula is C14H16N6. The first-order chi connectivity index (χ1) is 9.78. The molecule has 102 valence electrons. The molecule has 6 nitrogen and oxygen atoms in total. The zero-order valence-electron chi connectivity index (χ0n) is 11.2. The van der Waals surface area contributed by atoms with Crippen LogP contribution in [0.3, 0.4) is 0 Å². The normalized spacial score (nSPS) is 10.7. The van der Waals surface area contributed by atoms with Crippen LogP contribution in [-0.2, 0) is 6.54 Å². The molecule has 0 bridgehead atoms. The molecular weight excluding hydrogens is 252 g/mol. The fraction of sp³-hybridized carbons (Fsp3) is 0.143. The van der Waals surface area contributed by atoms with E-state index in [9.17, 15) is 0 Å². The summed E-state index contributed by atoms with van der Waals surface area (Å²) in [6.07, 6.45) is 5.43. The SMILES string of the molecule is CN(Cc1ccccc1)c1nc(NN)cn2ccnc12. The summed E-state index contributed by atoms with van der Waals surface area (Å²) in [6, 6.07) is 10.2. The highest BCUT2D eigenvalue weighted by Crippen LogP contribution is 2.20. The maximum Gasteiger partial charge on any atom is 0.180 e. The van der Waals surface area contributed by atoms with E-state index >= 15 is 0 Å². The van der Waals surface area contributed by atoms with Crippen molar-refractivity contribution in [3.63, 3.8) is 0 Å². The van der Waals surface area contributed by atoms with Crippen molar-refractivity contribution in [3.05, 3.63) is 54.5 Å². The maximum atomic E-state index is 5.47. The number of nitrogen functional groups attached to an aromatic ring is 1. The Bertz CT molecular complexity index is 706. The van der Waals surface area contributed by atoms with Crippen molar-refractivity contribution in [1.29, 1.82) is 0 Å². The fourth-order valence-corrected chi connectivity index (χ4v) is 2.17. The van der Waals surface area contributed by atoms with Crippen LogP contribution in [0, 0.1) is 0 Å². The van der Waals surface area contributed by atoms with Crippen molar-refractivity contribution >= 4 is 17.3 Å². The van der Waals surface area contributed by atoms with Gasteiger partial charge in [0.25, 0.3) is 0 Å². The summed E-state index contributed by atoms with van der Waals surface area (Å²) in [5.41, 5.74) is 4.60. The number of nitrogens with one attached hydrogen (secondary N) is 1. The summed E-state index contributed by atoms with van der Waals surface area (Å²) in [7, 11) is 1.99. The van der Waals surface area contributed by atoms with Crippen molar-refractivity contribution in [2.24, 2.45) is 5.84 Å². The Kier molecular flexibility index (Phi) is 3.22. The summed E-state index contributed by atoms with van der Waals surface area (Å²) < 4.78 is 1.90. The standard InChI is InChI=1S/C14H16N6/c1-19(9-11-5-3-2-4-6-11)14-13-16-7-8-20(13)10-12(17-14)18-15/h2-8,10,18H,9,15H2,1H3. The van der Waals surface area contributed by atoms with E-state index in [1.165, 1.54) is 5.56 Å². The van der Waals surface area contributed by atoms with E-state index in [2.05, 4.69) is 32.4 Å². The number of nitrogens with two attached hydrogens (primary N) is 1. The first-order valence-corrected chi connectivity index (χ1v) is 6.33. The Morgan fingerprint density at radius 2 is 2.10 bits per heavy atom. The molecule has 20 heavy (non-hydrogen) atoms. The molecule has 0 unspecified atom stereocenters. The third-order valence-corrected chi connectivity index (χ3v) is 3.13. The molecule has 0 aliphatic carbocycles. The van der Waals surface area contributed by atoms with Crippen LogP contribution in [0.4, 0.5) is 11.6 Å². The average Bonchev–Trinajstić information content (AvgIpc) is 2.95. The number of rotatable bonds is 4. The van der Waals surface area contributed by atoms with Gasteiger partial charge in [0.1, 0.15) is 0 Å².